The van der Waals surface area contributed by atoms with Gasteiger partial charge in [0, 0.05) is 24.0 Å². The molecule has 0 aliphatic heterocycles. The van der Waals surface area contributed by atoms with Crippen LogP contribution in [-0.2, 0) is 0 Å². The third-order valence-corrected chi connectivity index (χ3v) is 2.55. The zero-order chi connectivity index (χ0) is 11.0. The highest BCUT2D eigenvalue weighted by Crippen LogP contribution is 2.25. The Morgan fingerprint density at radius 3 is 2.81 bits per heavy atom. The summed E-state index contributed by atoms with van der Waals surface area (Å²) < 4.78 is 1.75. The van der Waals surface area contributed by atoms with Crippen molar-refractivity contribution < 1.29 is 0 Å². The van der Waals surface area contributed by atoms with Crippen LogP contribution in [0.25, 0.3) is 16.6 Å². The first-order chi connectivity index (χ1) is 7.86. The summed E-state index contributed by atoms with van der Waals surface area (Å²) >= 11 is 0. The number of anilines is 1. The molecule has 0 aliphatic carbocycles. The van der Waals surface area contributed by atoms with Crippen molar-refractivity contribution in [1.29, 1.82) is 0 Å². The molecule has 2 N–H and O–H groups in total. The number of hydrogen-bond donors (Lipinski definition) is 1. The van der Waals surface area contributed by atoms with Gasteiger partial charge in [-0.05, 0) is 30.3 Å². The number of pyridine rings is 1. The highest BCUT2D eigenvalue weighted by molar-refractivity contribution is 5.94. The number of fused-ring (bicyclic) bond motifs is 1. The van der Waals surface area contributed by atoms with Crippen molar-refractivity contribution in [2.24, 2.45) is 0 Å². The molecule has 0 bridgehead atoms. The van der Waals surface area contributed by atoms with E-state index in [9.17, 15) is 0 Å². The van der Waals surface area contributed by atoms with Crippen molar-refractivity contribution in [2.75, 3.05) is 5.73 Å². The number of hydrogen-bond acceptors (Lipinski definition) is 3. The average Bonchev–Trinajstić information content (AvgIpc) is 2.83. The summed E-state index contributed by atoms with van der Waals surface area (Å²) in [5, 5.41) is 5.12. The molecule has 2 heterocycles. The lowest BCUT2D eigenvalue weighted by Crippen LogP contribution is -2.00. The van der Waals surface area contributed by atoms with Crippen LogP contribution in [-0.4, -0.2) is 14.8 Å². The number of nitrogens with zero attached hydrogens (tertiary/aromatic N) is 3. The number of benzene rings is 1. The van der Waals surface area contributed by atoms with Gasteiger partial charge in [-0.3, -0.25) is 4.98 Å². The van der Waals surface area contributed by atoms with Gasteiger partial charge in [-0.2, -0.15) is 5.10 Å². The summed E-state index contributed by atoms with van der Waals surface area (Å²) in [5.41, 5.74) is 8.59. The minimum absolute atomic E-state index is 0.703. The first-order valence-electron chi connectivity index (χ1n) is 4.99. The van der Waals surface area contributed by atoms with Crippen LogP contribution >= 0.6 is 0 Å². The van der Waals surface area contributed by atoms with Crippen molar-refractivity contribution in [1.82, 2.24) is 14.8 Å². The third kappa shape index (κ3) is 1.24. The molecule has 0 spiro atoms. The monoisotopic (exact) mass is 210 g/mol. The maximum atomic E-state index is 6.11. The zero-order valence-electron chi connectivity index (χ0n) is 8.54. The van der Waals surface area contributed by atoms with Gasteiger partial charge in [0.25, 0.3) is 0 Å². The Bertz CT molecular complexity index is 629. The Labute approximate surface area is 92.3 Å². The molecule has 4 heteroatoms. The molecule has 3 rings (SSSR count). The van der Waals surface area contributed by atoms with Crippen LogP contribution in [0.2, 0.25) is 0 Å². The van der Waals surface area contributed by atoms with Crippen LogP contribution in [0.3, 0.4) is 0 Å². The van der Waals surface area contributed by atoms with Crippen LogP contribution < -0.4 is 5.73 Å². The molecule has 16 heavy (non-hydrogen) atoms. The summed E-state index contributed by atoms with van der Waals surface area (Å²) in [6, 6.07) is 9.59. The van der Waals surface area contributed by atoms with Crippen LogP contribution in [0.1, 0.15) is 0 Å². The standard InChI is InChI=1S/C12H10N4/c13-12-9-3-1-6-14-10(9)4-5-11(12)16-8-2-7-15-16/h1-8H,13H2. The minimum atomic E-state index is 0.703. The van der Waals surface area contributed by atoms with Gasteiger partial charge in [0.05, 0.1) is 16.9 Å². The van der Waals surface area contributed by atoms with Gasteiger partial charge >= 0.3 is 0 Å². The second-order valence-electron chi connectivity index (χ2n) is 3.52. The maximum Gasteiger partial charge on any atom is 0.0882 e. The van der Waals surface area contributed by atoms with E-state index in [-0.39, 0.29) is 0 Å². The lowest BCUT2D eigenvalue weighted by atomic mass is 10.1. The predicted molar refractivity (Wildman–Crippen MR) is 63.3 cm³/mol. The van der Waals surface area contributed by atoms with Gasteiger partial charge in [-0.15, -0.1) is 0 Å². The van der Waals surface area contributed by atoms with Crippen molar-refractivity contribution in [3.05, 3.63) is 48.9 Å². The zero-order valence-corrected chi connectivity index (χ0v) is 8.54. The summed E-state index contributed by atoms with van der Waals surface area (Å²) in [6.07, 6.45) is 5.36. The maximum absolute atomic E-state index is 6.11. The lowest BCUT2D eigenvalue weighted by molar-refractivity contribution is 0.884. The second kappa shape index (κ2) is 3.34. The van der Waals surface area contributed by atoms with Gasteiger partial charge in [-0.25, -0.2) is 4.68 Å². The smallest absolute Gasteiger partial charge is 0.0882 e. The van der Waals surface area contributed by atoms with E-state index in [2.05, 4.69) is 10.1 Å². The van der Waals surface area contributed by atoms with E-state index in [1.54, 1.807) is 17.1 Å². The molecule has 4 nitrogen and oxygen atoms in total. The Kier molecular flexibility index (Phi) is 1.86. The molecule has 0 atom stereocenters. The number of nitrogens with two attached hydrogens (primary N) is 1. The van der Waals surface area contributed by atoms with Crippen molar-refractivity contribution in [3.63, 3.8) is 0 Å². The normalized spacial score (nSPS) is 10.8. The van der Waals surface area contributed by atoms with Gasteiger partial charge in [0.15, 0.2) is 0 Å². The third-order valence-electron chi connectivity index (χ3n) is 2.55. The van der Waals surface area contributed by atoms with E-state index in [1.807, 2.05) is 36.5 Å². The fourth-order valence-corrected chi connectivity index (χ4v) is 1.77. The Hall–Kier alpha value is -2.36. The summed E-state index contributed by atoms with van der Waals surface area (Å²) in [5.74, 6) is 0. The quantitative estimate of drug-likeness (QED) is 0.625. The van der Waals surface area contributed by atoms with Gasteiger partial charge < -0.3 is 5.73 Å². The lowest BCUT2D eigenvalue weighted by Gasteiger charge is -2.08. The summed E-state index contributed by atoms with van der Waals surface area (Å²) in [6.45, 7) is 0. The molecule has 0 aliphatic rings. The fraction of sp³-hybridized carbons (Fsp3) is 0. The highest BCUT2D eigenvalue weighted by atomic mass is 15.3. The topological polar surface area (TPSA) is 56.7 Å². The Morgan fingerprint density at radius 2 is 2.00 bits per heavy atom. The first-order valence-corrected chi connectivity index (χ1v) is 4.99. The van der Waals surface area contributed by atoms with E-state index in [0.717, 1.165) is 16.6 Å². The number of aromatic nitrogens is 3. The molecular weight excluding hydrogens is 200 g/mol. The van der Waals surface area contributed by atoms with Crippen molar-refractivity contribution in [2.45, 2.75) is 0 Å². The number of rotatable bonds is 1. The molecular formula is C12H10N4. The van der Waals surface area contributed by atoms with Gasteiger partial charge in [0.2, 0.25) is 0 Å². The molecule has 2 aromatic heterocycles. The molecule has 0 fully saturated rings. The predicted octanol–water partition coefficient (Wildman–Crippen LogP) is 2.00. The Balaban J connectivity index is 2.32. The summed E-state index contributed by atoms with van der Waals surface area (Å²) in [4.78, 5) is 4.25. The van der Waals surface area contributed by atoms with Gasteiger partial charge in [0.1, 0.15) is 0 Å². The van der Waals surface area contributed by atoms with E-state index in [1.165, 1.54) is 0 Å². The van der Waals surface area contributed by atoms with Crippen LogP contribution in [0.4, 0.5) is 5.69 Å². The van der Waals surface area contributed by atoms with Crippen LogP contribution in [0, 0.1) is 0 Å². The second-order valence-corrected chi connectivity index (χ2v) is 3.52. The van der Waals surface area contributed by atoms with Gasteiger partial charge in [-0.1, -0.05) is 0 Å². The number of nitrogen functional groups attached to an aromatic ring is 1. The molecule has 0 unspecified atom stereocenters. The molecule has 0 saturated carbocycles. The first kappa shape index (κ1) is 8.91. The molecule has 3 aromatic rings. The largest absolute Gasteiger partial charge is 0.396 e. The molecule has 0 amide bonds. The fourth-order valence-electron chi connectivity index (χ4n) is 1.77. The molecule has 78 valence electrons. The van der Waals surface area contributed by atoms with Crippen LogP contribution in [0.5, 0.6) is 0 Å². The van der Waals surface area contributed by atoms with E-state index >= 15 is 0 Å². The van der Waals surface area contributed by atoms with Crippen LogP contribution in [0.15, 0.2) is 48.9 Å². The minimum Gasteiger partial charge on any atom is -0.396 e. The van der Waals surface area contributed by atoms with Crippen molar-refractivity contribution in [3.8, 4) is 5.69 Å². The molecule has 0 radical (unpaired) electrons. The highest BCUT2D eigenvalue weighted by Gasteiger charge is 2.06. The SMILES string of the molecule is Nc1c(-n2cccn2)ccc2ncccc12. The van der Waals surface area contributed by atoms with Crippen molar-refractivity contribution >= 4 is 16.6 Å². The Morgan fingerprint density at radius 1 is 1.06 bits per heavy atom. The van der Waals surface area contributed by atoms with E-state index in [4.69, 9.17) is 5.73 Å². The average molecular weight is 210 g/mol. The summed E-state index contributed by atoms with van der Waals surface area (Å²) in [7, 11) is 0. The van der Waals surface area contributed by atoms with E-state index < -0.39 is 0 Å². The van der Waals surface area contributed by atoms with E-state index in [0.29, 0.717) is 5.69 Å². The molecule has 0 saturated heterocycles. The molecule has 1 aromatic carbocycles.